The zero-order valence-corrected chi connectivity index (χ0v) is 20.5. The van der Waals surface area contributed by atoms with Crippen LogP contribution in [0.1, 0.15) is 36.9 Å². The maximum atomic E-state index is 11.7. The Kier molecular flexibility index (Phi) is 10.9. The van der Waals surface area contributed by atoms with Gasteiger partial charge in [0.15, 0.2) is 5.96 Å². The Morgan fingerprint density at radius 3 is 2.43 bits per heavy atom. The van der Waals surface area contributed by atoms with Gasteiger partial charge in [0.05, 0.1) is 25.8 Å². The van der Waals surface area contributed by atoms with Gasteiger partial charge in [0.25, 0.3) is 0 Å². The van der Waals surface area contributed by atoms with Crippen molar-refractivity contribution in [1.82, 2.24) is 20.9 Å². The summed E-state index contributed by atoms with van der Waals surface area (Å²) in [6.07, 6.45) is 2.07. The standard InChI is InChI=1S/C22H35N5O2.HI/c1-3-23-22(25-11-10-24-21(28)19-8-9-19)26-16-20(27-12-14-29-15-13-27)18-6-4-17(2)5-7-18;/h4-7,19-20H,3,8-16H2,1-2H3,(H,24,28)(H2,23,25,26);1H. The molecule has 1 aliphatic heterocycles. The SMILES string of the molecule is CCNC(=NCC(c1ccc(C)cc1)N1CCOCC1)NCCNC(=O)C1CC1.I. The molecule has 7 nitrogen and oxygen atoms in total. The van der Waals surface area contributed by atoms with Crippen LogP contribution >= 0.6 is 24.0 Å². The van der Waals surface area contributed by atoms with Gasteiger partial charge in [0, 0.05) is 38.6 Å². The van der Waals surface area contributed by atoms with E-state index in [0.717, 1.165) is 51.6 Å². The molecule has 1 aromatic carbocycles. The molecule has 2 fully saturated rings. The summed E-state index contributed by atoms with van der Waals surface area (Å²) >= 11 is 0. The van der Waals surface area contributed by atoms with Crippen LogP contribution in [0, 0.1) is 12.8 Å². The number of rotatable bonds is 9. The number of benzene rings is 1. The van der Waals surface area contributed by atoms with Gasteiger partial charge < -0.3 is 20.7 Å². The van der Waals surface area contributed by atoms with Crippen LogP contribution in [0.2, 0.25) is 0 Å². The quantitative estimate of drug-likeness (QED) is 0.198. The number of amides is 1. The second kappa shape index (κ2) is 13.1. The molecule has 1 aromatic rings. The van der Waals surface area contributed by atoms with Crippen molar-refractivity contribution in [3.05, 3.63) is 35.4 Å². The number of ether oxygens (including phenoxy) is 1. The minimum absolute atomic E-state index is 0. The molecule has 168 valence electrons. The third kappa shape index (κ3) is 8.03. The van der Waals surface area contributed by atoms with Gasteiger partial charge in [-0.25, -0.2) is 0 Å². The highest BCUT2D eigenvalue weighted by Crippen LogP contribution is 2.28. The summed E-state index contributed by atoms with van der Waals surface area (Å²) in [6.45, 7) is 10.3. The first-order chi connectivity index (χ1) is 14.2. The van der Waals surface area contributed by atoms with E-state index >= 15 is 0 Å². The Hall–Kier alpha value is -1.39. The van der Waals surface area contributed by atoms with E-state index in [4.69, 9.17) is 9.73 Å². The lowest BCUT2D eigenvalue weighted by molar-refractivity contribution is -0.122. The third-order valence-electron chi connectivity index (χ3n) is 5.38. The molecule has 0 spiro atoms. The number of hydrogen-bond acceptors (Lipinski definition) is 4. The summed E-state index contributed by atoms with van der Waals surface area (Å²) in [6, 6.07) is 8.97. The fourth-order valence-corrected chi connectivity index (χ4v) is 3.49. The number of morpholine rings is 1. The molecule has 3 rings (SSSR count). The van der Waals surface area contributed by atoms with Crippen LogP contribution in [-0.4, -0.2) is 69.2 Å². The smallest absolute Gasteiger partial charge is 0.223 e. The number of aryl methyl sites for hydroxylation is 1. The molecule has 1 saturated heterocycles. The van der Waals surface area contributed by atoms with Crippen molar-refractivity contribution in [2.75, 3.05) is 52.5 Å². The van der Waals surface area contributed by atoms with Gasteiger partial charge in [-0.1, -0.05) is 29.8 Å². The summed E-state index contributed by atoms with van der Waals surface area (Å²) in [5.41, 5.74) is 2.55. The van der Waals surface area contributed by atoms with Crippen molar-refractivity contribution in [1.29, 1.82) is 0 Å². The van der Waals surface area contributed by atoms with Crippen molar-refractivity contribution in [3.63, 3.8) is 0 Å². The van der Waals surface area contributed by atoms with E-state index in [9.17, 15) is 4.79 Å². The summed E-state index contributed by atoms with van der Waals surface area (Å²) < 4.78 is 5.54. The van der Waals surface area contributed by atoms with Crippen molar-refractivity contribution in [3.8, 4) is 0 Å². The Labute approximate surface area is 197 Å². The van der Waals surface area contributed by atoms with Crippen LogP contribution in [0.5, 0.6) is 0 Å². The largest absolute Gasteiger partial charge is 0.379 e. The molecule has 30 heavy (non-hydrogen) atoms. The summed E-state index contributed by atoms with van der Waals surface area (Å²) in [5.74, 6) is 1.22. The first-order valence-corrected chi connectivity index (χ1v) is 10.9. The van der Waals surface area contributed by atoms with Crippen LogP contribution in [0.3, 0.4) is 0 Å². The van der Waals surface area contributed by atoms with Crippen molar-refractivity contribution < 1.29 is 9.53 Å². The number of guanidine groups is 1. The highest BCUT2D eigenvalue weighted by atomic mass is 127. The van der Waals surface area contributed by atoms with E-state index in [1.165, 1.54) is 11.1 Å². The summed E-state index contributed by atoms with van der Waals surface area (Å²) in [5, 5.41) is 9.63. The van der Waals surface area contributed by atoms with Crippen molar-refractivity contribution >= 4 is 35.8 Å². The predicted octanol–water partition coefficient (Wildman–Crippen LogP) is 2.07. The monoisotopic (exact) mass is 529 g/mol. The lowest BCUT2D eigenvalue weighted by Crippen LogP contribution is -2.43. The van der Waals surface area contributed by atoms with E-state index in [2.05, 4.69) is 59.0 Å². The third-order valence-corrected chi connectivity index (χ3v) is 5.38. The van der Waals surface area contributed by atoms with Gasteiger partial charge in [-0.05, 0) is 32.3 Å². The molecule has 1 amide bonds. The minimum atomic E-state index is 0. The molecule has 0 bridgehead atoms. The van der Waals surface area contributed by atoms with Gasteiger partial charge >= 0.3 is 0 Å². The first-order valence-electron chi connectivity index (χ1n) is 10.9. The lowest BCUT2D eigenvalue weighted by Gasteiger charge is -2.34. The second-order valence-electron chi connectivity index (χ2n) is 7.79. The fourth-order valence-electron chi connectivity index (χ4n) is 3.49. The van der Waals surface area contributed by atoms with Gasteiger partial charge in [-0.15, -0.1) is 24.0 Å². The number of nitrogens with one attached hydrogen (secondary N) is 3. The molecule has 1 saturated carbocycles. The van der Waals surface area contributed by atoms with Crippen LogP contribution < -0.4 is 16.0 Å². The van der Waals surface area contributed by atoms with Gasteiger partial charge in [-0.2, -0.15) is 0 Å². The number of nitrogens with zero attached hydrogens (tertiary/aromatic N) is 2. The molecule has 1 aliphatic carbocycles. The molecule has 0 radical (unpaired) electrons. The molecular weight excluding hydrogens is 493 g/mol. The van der Waals surface area contributed by atoms with Gasteiger partial charge in [0.2, 0.25) is 5.91 Å². The summed E-state index contributed by atoms with van der Waals surface area (Å²) in [7, 11) is 0. The van der Waals surface area contributed by atoms with Crippen LogP contribution in [0.15, 0.2) is 29.3 Å². The average Bonchev–Trinajstić information content (AvgIpc) is 3.58. The molecule has 1 atom stereocenters. The predicted molar refractivity (Wildman–Crippen MR) is 131 cm³/mol. The topological polar surface area (TPSA) is 78.0 Å². The molecule has 2 aliphatic rings. The second-order valence-corrected chi connectivity index (χ2v) is 7.79. The van der Waals surface area contributed by atoms with Crippen LogP contribution in [-0.2, 0) is 9.53 Å². The van der Waals surface area contributed by atoms with Crippen molar-refractivity contribution in [2.24, 2.45) is 10.9 Å². The molecular formula is C22H36IN5O2. The maximum absolute atomic E-state index is 11.7. The maximum Gasteiger partial charge on any atom is 0.223 e. The molecule has 8 heteroatoms. The Morgan fingerprint density at radius 1 is 1.13 bits per heavy atom. The van der Waals surface area contributed by atoms with E-state index in [0.29, 0.717) is 19.6 Å². The van der Waals surface area contributed by atoms with E-state index in [1.54, 1.807) is 0 Å². The zero-order valence-electron chi connectivity index (χ0n) is 18.2. The lowest BCUT2D eigenvalue weighted by atomic mass is 10.0. The van der Waals surface area contributed by atoms with Crippen molar-refractivity contribution in [2.45, 2.75) is 32.7 Å². The number of carbonyl (C=O) groups excluding carboxylic acids is 1. The van der Waals surface area contributed by atoms with E-state index in [-0.39, 0.29) is 41.8 Å². The van der Waals surface area contributed by atoms with Gasteiger partial charge in [-0.3, -0.25) is 14.7 Å². The number of halogens is 1. The normalized spacial score (nSPS) is 18.3. The van der Waals surface area contributed by atoms with Gasteiger partial charge in [0.1, 0.15) is 0 Å². The average molecular weight is 529 g/mol. The van der Waals surface area contributed by atoms with E-state index < -0.39 is 0 Å². The zero-order chi connectivity index (χ0) is 20.5. The number of hydrogen-bond donors (Lipinski definition) is 3. The molecule has 1 heterocycles. The van der Waals surface area contributed by atoms with Crippen LogP contribution in [0.4, 0.5) is 0 Å². The van der Waals surface area contributed by atoms with E-state index in [1.807, 2.05) is 0 Å². The Bertz CT molecular complexity index is 673. The molecule has 0 aromatic heterocycles. The minimum Gasteiger partial charge on any atom is -0.379 e. The van der Waals surface area contributed by atoms with Crippen LogP contribution in [0.25, 0.3) is 0 Å². The number of carbonyl (C=O) groups is 1. The first kappa shape index (κ1) is 24.9. The highest BCUT2D eigenvalue weighted by molar-refractivity contribution is 14.0. The highest BCUT2D eigenvalue weighted by Gasteiger charge is 2.29. The number of aliphatic imine (C=N–C) groups is 1. The Morgan fingerprint density at radius 2 is 1.80 bits per heavy atom. The summed E-state index contributed by atoms with van der Waals surface area (Å²) in [4.78, 5) is 19.1. The molecule has 1 unspecified atom stereocenters. The molecule has 3 N–H and O–H groups in total. The fraction of sp³-hybridized carbons (Fsp3) is 0.636. The Balaban J connectivity index is 0.00000320.